The van der Waals surface area contributed by atoms with E-state index in [1.165, 1.54) is 16.7 Å². The number of methoxy groups -OCH3 is 1. The maximum Gasteiger partial charge on any atom is 0.246 e. The summed E-state index contributed by atoms with van der Waals surface area (Å²) in [5, 5.41) is 0.657. The molecular formula is C42H42ClN3O5. The lowest BCUT2D eigenvalue weighted by atomic mass is 10.1. The Bertz CT molecular complexity index is 1910. The van der Waals surface area contributed by atoms with Gasteiger partial charge in [0.2, 0.25) is 11.8 Å². The SMILES string of the molecule is COc1cc(C=CC(=O)N2CCN(Cc3ccc(CCOc4ccc(C)cc4)cc3)CC2)ccc1Oc1ccc(OCc2ccccc2Cl)cn1. The van der Waals surface area contributed by atoms with Crippen molar-refractivity contribution in [3.63, 3.8) is 0 Å². The molecule has 1 aliphatic heterocycles. The van der Waals surface area contributed by atoms with E-state index in [-0.39, 0.29) is 5.91 Å². The van der Waals surface area contributed by atoms with Crippen LogP contribution < -0.4 is 18.9 Å². The third-order valence-corrected chi connectivity index (χ3v) is 9.04. The maximum absolute atomic E-state index is 13.0. The number of hydrogen-bond donors (Lipinski definition) is 0. The predicted octanol–water partition coefficient (Wildman–Crippen LogP) is 8.40. The maximum atomic E-state index is 13.0. The van der Waals surface area contributed by atoms with Crippen molar-refractivity contribution < 1.29 is 23.7 Å². The van der Waals surface area contributed by atoms with Crippen molar-refractivity contribution in [1.82, 2.24) is 14.8 Å². The Morgan fingerprint density at radius 1 is 0.824 bits per heavy atom. The van der Waals surface area contributed by atoms with Gasteiger partial charge in [0.25, 0.3) is 0 Å². The van der Waals surface area contributed by atoms with Crippen LogP contribution in [0.4, 0.5) is 0 Å². The molecule has 51 heavy (non-hydrogen) atoms. The molecule has 2 heterocycles. The number of ether oxygens (including phenoxy) is 4. The number of rotatable bonds is 14. The smallest absolute Gasteiger partial charge is 0.246 e. The number of amides is 1. The first-order chi connectivity index (χ1) is 24.9. The minimum absolute atomic E-state index is 0.00723. The molecule has 4 aromatic carbocycles. The molecule has 9 heteroatoms. The zero-order valence-corrected chi connectivity index (χ0v) is 29.7. The van der Waals surface area contributed by atoms with Gasteiger partial charge < -0.3 is 23.8 Å². The number of carbonyl (C=O) groups excluding carboxylic acids is 1. The third-order valence-electron chi connectivity index (χ3n) is 8.68. The van der Waals surface area contributed by atoms with Crippen LogP contribution >= 0.6 is 11.6 Å². The zero-order valence-electron chi connectivity index (χ0n) is 29.0. The number of nitrogens with zero attached hydrogens (tertiary/aromatic N) is 3. The van der Waals surface area contributed by atoms with Crippen molar-refractivity contribution in [2.24, 2.45) is 0 Å². The average Bonchev–Trinajstić information content (AvgIpc) is 3.16. The van der Waals surface area contributed by atoms with E-state index >= 15 is 0 Å². The van der Waals surface area contributed by atoms with E-state index in [1.54, 1.807) is 43.7 Å². The molecule has 1 aromatic heterocycles. The Balaban J connectivity index is 0.931. The summed E-state index contributed by atoms with van der Waals surface area (Å²) in [5.74, 6) is 2.93. The summed E-state index contributed by atoms with van der Waals surface area (Å²) in [6, 6.07) is 33.5. The van der Waals surface area contributed by atoms with Gasteiger partial charge >= 0.3 is 0 Å². The molecule has 5 aromatic rings. The molecule has 0 saturated carbocycles. The lowest BCUT2D eigenvalue weighted by molar-refractivity contribution is -0.127. The van der Waals surface area contributed by atoms with Gasteiger partial charge in [-0.1, -0.05) is 77.8 Å². The van der Waals surface area contributed by atoms with E-state index < -0.39 is 0 Å². The minimum atomic E-state index is -0.00723. The van der Waals surface area contributed by atoms with Crippen molar-refractivity contribution in [2.45, 2.75) is 26.5 Å². The fourth-order valence-corrected chi connectivity index (χ4v) is 5.85. The van der Waals surface area contributed by atoms with Crippen molar-refractivity contribution in [3.8, 4) is 28.9 Å². The third kappa shape index (κ3) is 10.4. The Morgan fingerprint density at radius 2 is 1.57 bits per heavy atom. The van der Waals surface area contributed by atoms with Gasteiger partial charge in [0.1, 0.15) is 18.1 Å². The fraction of sp³-hybridized carbons (Fsp3) is 0.238. The number of halogens is 1. The quantitative estimate of drug-likeness (QED) is 0.108. The molecule has 0 radical (unpaired) electrons. The molecule has 0 atom stereocenters. The normalized spacial score (nSPS) is 13.3. The van der Waals surface area contributed by atoms with E-state index in [0.29, 0.717) is 54.5 Å². The number of aromatic nitrogens is 1. The first kappa shape index (κ1) is 35.5. The van der Waals surface area contributed by atoms with Gasteiger partial charge in [0.05, 0.1) is 19.9 Å². The highest BCUT2D eigenvalue weighted by atomic mass is 35.5. The van der Waals surface area contributed by atoms with Crippen LogP contribution in [-0.4, -0.2) is 60.6 Å². The Kier molecular flexibility index (Phi) is 12.2. The summed E-state index contributed by atoms with van der Waals surface area (Å²) in [5.41, 5.74) is 5.48. The second-order valence-electron chi connectivity index (χ2n) is 12.4. The molecule has 6 rings (SSSR count). The highest BCUT2D eigenvalue weighted by Gasteiger charge is 2.20. The summed E-state index contributed by atoms with van der Waals surface area (Å²) in [6.45, 7) is 6.95. The fourth-order valence-electron chi connectivity index (χ4n) is 5.66. The van der Waals surface area contributed by atoms with E-state index in [0.717, 1.165) is 42.9 Å². The molecule has 0 spiro atoms. The monoisotopic (exact) mass is 703 g/mol. The molecule has 1 fully saturated rings. The summed E-state index contributed by atoms with van der Waals surface area (Å²) < 4.78 is 23.3. The van der Waals surface area contributed by atoms with Crippen LogP contribution in [0.15, 0.2) is 115 Å². The molecule has 262 valence electrons. The summed E-state index contributed by atoms with van der Waals surface area (Å²) >= 11 is 6.22. The molecule has 0 bridgehead atoms. The summed E-state index contributed by atoms with van der Waals surface area (Å²) in [4.78, 5) is 21.7. The van der Waals surface area contributed by atoms with Gasteiger partial charge in [0, 0.05) is 61.9 Å². The highest BCUT2D eigenvalue weighted by molar-refractivity contribution is 6.31. The van der Waals surface area contributed by atoms with Gasteiger partial charge in [0.15, 0.2) is 11.5 Å². The lowest BCUT2D eigenvalue weighted by Crippen LogP contribution is -2.47. The van der Waals surface area contributed by atoms with Crippen LogP contribution in [0.5, 0.6) is 28.9 Å². The molecule has 8 nitrogen and oxygen atoms in total. The molecule has 1 saturated heterocycles. The zero-order chi connectivity index (χ0) is 35.4. The second kappa shape index (κ2) is 17.6. The van der Waals surface area contributed by atoms with E-state index in [4.69, 9.17) is 30.5 Å². The number of benzene rings is 4. The molecule has 1 amide bonds. The highest BCUT2D eigenvalue weighted by Crippen LogP contribution is 2.32. The van der Waals surface area contributed by atoms with Crippen molar-refractivity contribution in [3.05, 3.63) is 148 Å². The molecule has 0 unspecified atom stereocenters. The minimum Gasteiger partial charge on any atom is -0.493 e. The Labute approximate surface area is 304 Å². The van der Waals surface area contributed by atoms with Gasteiger partial charge in [-0.3, -0.25) is 9.69 Å². The standard InChI is InChI=1S/C42H42ClN3O5/c1-31-7-15-36(16-8-31)49-26-21-32-9-11-34(12-10-32)29-45-22-24-46(25-23-45)42(47)20-14-33-13-18-39(40(27-33)48-2)51-41-19-17-37(28-44-41)50-30-35-5-3-4-6-38(35)43/h3-20,27-28H,21-26,29-30H2,1-2H3. The van der Waals surface area contributed by atoms with Crippen LogP contribution in [0.25, 0.3) is 6.08 Å². The summed E-state index contributed by atoms with van der Waals surface area (Å²) in [7, 11) is 1.58. The van der Waals surface area contributed by atoms with E-state index in [2.05, 4.69) is 53.2 Å². The number of pyridine rings is 1. The topological polar surface area (TPSA) is 73.4 Å². The van der Waals surface area contributed by atoms with Crippen LogP contribution in [0.1, 0.15) is 27.8 Å². The van der Waals surface area contributed by atoms with Crippen LogP contribution in [0.2, 0.25) is 5.02 Å². The van der Waals surface area contributed by atoms with Crippen molar-refractivity contribution in [2.75, 3.05) is 39.9 Å². The average molecular weight is 704 g/mol. The molecule has 0 aliphatic carbocycles. The Hall–Kier alpha value is -5.31. The van der Waals surface area contributed by atoms with Crippen LogP contribution in [-0.2, 0) is 24.4 Å². The van der Waals surface area contributed by atoms with E-state index in [1.807, 2.05) is 53.4 Å². The van der Waals surface area contributed by atoms with Crippen molar-refractivity contribution in [1.29, 1.82) is 0 Å². The number of hydrogen-bond acceptors (Lipinski definition) is 7. The lowest BCUT2D eigenvalue weighted by Gasteiger charge is -2.34. The van der Waals surface area contributed by atoms with Crippen molar-refractivity contribution >= 4 is 23.6 Å². The number of piperazine rings is 1. The van der Waals surface area contributed by atoms with Crippen LogP contribution in [0.3, 0.4) is 0 Å². The molecule has 1 aliphatic rings. The second-order valence-corrected chi connectivity index (χ2v) is 12.8. The van der Waals surface area contributed by atoms with E-state index in [9.17, 15) is 4.79 Å². The van der Waals surface area contributed by atoms with Gasteiger partial charge in [-0.15, -0.1) is 0 Å². The largest absolute Gasteiger partial charge is 0.493 e. The van der Waals surface area contributed by atoms with Gasteiger partial charge in [-0.25, -0.2) is 4.98 Å². The number of carbonyl (C=O) groups is 1. The first-order valence-corrected chi connectivity index (χ1v) is 17.4. The van der Waals surface area contributed by atoms with Crippen LogP contribution in [0, 0.1) is 6.92 Å². The Morgan fingerprint density at radius 3 is 2.29 bits per heavy atom. The summed E-state index contributed by atoms with van der Waals surface area (Å²) in [6.07, 6.45) is 5.89. The molecular weight excluding hydrogens is 662 g/mol. The number of aryl methyl sites for hydroxylation is 1. The predicted molar refractivity (Wildman–Crippen MR) is 201 cm³/mol. The van der Waals surface area contributed by atoms with Gasteiger partial charge in [-0.2, -0.15) is 0 Å². The molecule has 0 N–H and O–H groups in total. The first-order valence-electron chi connectivity index (χ1n) is 17.1. The van der Waals surface area contributed by atoms with Gasteiger partial charge in [-0.05, 0) is 66.1 Å².